The van der Waals surface area contributed by atoms with Crippen LogP contribution in [0.15, 0.2) is 39.9 Å². The first-order chi connectivity index (χ1) is 11.6. The Kier molecular flexibility index (Phi) is 3.79. The third-order valence-corrected chi connectivity index (χ3v) is 5.85. The van der Waals surface area contributed by atoms with Crippen molar-refractivity contribution in [3.63, 3.8) is 0 Å². The first-order valence-electron chi connectivity index (χ1n) is 8.04. The Morgan fingerprint density at radius 2 is 1.79 bits per heavy atom. The molecule has 4 unspecified atom stereocenters. The maximum atomic E-state index is 12.7. The number of carbonyl (C=O) groups excluding carboxylic acids is 2. The zero-order chi connectivity index (χ0) is 16.8. The van der Waals surface area contributed by atoms with Crippen molar-refractivity contribution in [2.45, 2.75) is 12.8 Å². The van der Waals surface area contributed by atoms with Crippen LogP contribution in [0.4, 0.5) is 0 Å². The first kappa shape index (κ1) is 15.6. The van der Waals surface area contributed by atoms with Crippen LogP contribution in [0.2, 0.25) is 0 Å². The minimum atomic E-state index is -0.221. The number of halogens is 1. The van der Waals surface area contributed by atoms with Gasteiger partial charge in [0.1, 0.15) is 5.75 Å². The van der Waals surface area contributed by atoms with Gasteiger partial charge in [-0.15, -0.1) is 0 Å². The SMILES string of the molecule is COc1ccc(C=NN2C(=O)C3C4C=CC(CC4)C3C2=O)cc1Br. The molecule has 1 aliphatic heterocycles. The molecular weight excluding hydrogens is 372 g/mol. The second kappa shape index (κ2) is 5.84. The van der Waals surface area contributed by atoms with Crippen LogP contribution in [0.5, 0.6) is 5.75 Å². The molecule has 6 heteroatoms. The van der Waals surface area contributed by atoms with Crippen LogP contribution < -0.4 is 4.74 Å². The number of rotatable bonds is 3. The molecule has 24 heavy (non-hydrogen) atoms. The number of benzene rings is 1. The van der Waals surface area contributed by atoms with Gasteiger partial charge in [0.15, 0.2) is 0 Å². The molecule has 1 heterocycles. The Hall–Kier alpha value is -1.95. The minimum Gasteiger partial charge on any atom is -0.496 e. The van der Waals surface area contributed by atoms with E-state index >= 15 is 0 Å². The quantitative estimate of drug-likeness (QED) is 0.454. The highest BCUT2D eigenvalue weighted by Gasteiger charge is 2.56. The molecule has 0 radical (unpaired) electrons. The van der Waals surface area contributed by atoms with Gasteiger partial charge >= 0.3 is 0 Å². The van der Waals surface area contributed by atoms with E-state index in [-0.39, 0.29) is 35.5 Å². The van der Waals surface area contributed by atoms with Crippen molar-refractivity contribution < 1.29 is 14.3 Å². The van der Waals surface area contributed by atoms with E-state index in [4.69, 9.17) is 4.74 Å². The summed E-state index contributed by atoms with van der Waals surface area (Å²) < 4.78 is 5.99. The van der Waals surface area contributed by atoms with Crippen LogP contribution in [-0.2, 0) is 9.59 Å². The Morgan fingerprint density at radius 1 is 1.17 bits per heavy atom. The monoisotopic (exact) mass is 388 g/mol. The number of hydrazone groups is 1. The molecule has 5 rings (SSSR count). The Morgan fingerprint density at radius 3 is 2.29 bits per heavy atom. The lowest BCUT2D eigenvalue weighted by molar-refractivity contribution is -0.140. The molecule has 5 nitrogen and oxygen atoms in total. The third-order valence-electron chi connectivity index (χ3n) is 5.23. The largest absolute Gasteiger partial charge is 0.496 e. The van der Waals surface area contributed by atoms with Gasteiger partial charge < -0.3 is 4.74 Å². The normalized spacial score (nSPS) is 31.2. The molecule has 0 aromatic heterocycles. The Labute approximate surface area is 148 Å². The number of carbonyl (C=O) groups is 2. The van der Waals surface area contributed by atoms with Gasteiger partial charge in [-0.05, 0) is 64.4 Å². The lowest BCUT2D eigenvalue weighted by Crippen LogP contribution is -2.38. The van der Waals surface area contributed by atoms with E-state index in [2.05, 4.69) is 33.2 Å². The standard InChI is InChI=1S/C18H17BrN2O3/c1-24-14-7-2-10(8-13(14)19)9-20-21-17(22)15-11-3-4-12(6-5-11)16(15)18(21)23/h2-4,7-9,11-12,15-16H,5-6H2,1H3. The molecule has 2 fully saturated rings. The number of hydrogen-bond donors (Lipinski definition) is 0. The zero-order valence-electron chi connectivity index (χ0n) is 13.2. The molecule has 1 aromatic carbocycles. The van der Waals surface area contributed by atoms with E-state index in [1.165, 1.54) is 0 Å². The molecule has 124 valence electrons. The molecule has 2 amide bonds. The van der Waals surface area contributed by atoms with Gasteiger partial charge in [0, 0.05) is 0 Å². The van der Waals surface area contributed by atoms with Crippen molar-refractivity contribution in [1.29, 1.82) is 0 Å². The van der Waals surface area contributed by atoms with Crippen LogP contribution in [0, 0.1) is 23.7 Å². The number of fused-ring (bicyclic) bond motifs is 1. The topological polar surface area (TPSA) is 59.0 Å². The van der Waals surface area contributed by atoms with Gasteiger partial charge in [0.25, 0.3) is 11.8 Å². The summed E-state index contributed by atoms with van der Waals surface area (Å²) in [4.78, 5) is 25.3. The lowest BCUT2D eigenvalue weighted by Gasteiger charge is -2.37. The third kappa shape index (κ3) is 2.32. The molecule has 0 N–H and O–H groups in total. The fraction of sp³-hybridized carbons (Fsp3) is 0.389. The Bertz CT molecular complexity index is 742. The molecule has 3 aliphatic carbocycles. The van der Waals surface area contributed by atoms with Crippen molar-refractivity contribution in [3.05, 3.63) is 40.4 Å². The minimum absolute atomic E-state index is 0.159. The van der Waals surface area contributed by atoms with Crippen LogP contribution in [0.25, 0.3) is 0 Å². The van der Waals surface area contributed by atoms with Crippen LogP contribution in [-0.4, -0.2) is 30.1 Å². The fourth-order valence-electron chi connectivity index (χ4n) is 4.06. The second-order valence-electron chi connectivity index (χ2n) is 6.47. The number of amides is 2. The van der Waals surface area contributed by atoms with Crippen molar-refractivity contribution in [1.82, 2.24) is 5.01 Å². The van der Waals surface area contributed by atoms with E-state index in [0.29, 0.717) is 5.75 Å². The van der Waals surface area contributed by atoms with Crippen LogP contribution in [0.1, 0.15) is 18.4 Å². The van der Waals surface area contributed by atoms with Gasteiger partial charge in [-0.3, -0.25) is 9.59 Å². The summed E-state index contributed by atoms with van der Waals surface area (Å²) in [5, 5.41) is 5.27. The van der Waals surface area contributed by atoms with E-state index < -0.39 is 0 Å². The summed E-state index contributed by atoms with van der Waals surface area (Å²) in [6, 6.07) is 5.48. The number of hydrogen-bond acceptors (Lipinski definition) is 4. The predicted octanol–water partition coefficient (Wildman–Crippen LogP) is 2.99. The predicted molar refractivity (Wildman–Crippen MR) is 92.5 cm³/mol. The van der Waals surface area contributed by atoms with Gasteiger partial charge in [0.05, 0.1) is 29.6 Å². The van der Waals surface area contributed by atoms with E-state index in [0.717, 1.165) is 27.9 Å². The molecule has 0 spiro atoms. The first-order valence-corrected chi connectivity index (χ1v) is 8.83. The van der Waals surface area contributed by atoms with Crippen molar-refractivity contribution in [3.8, 4) is 5.75 Å². The van der Waals surface area contributed by atoms with Gasteiger partial charge in [-0.25, -0.2) is 0 Å². The number of ether oxygens (including phenoxy) is 1. The maximum Gasteiger partial charge on any atom is 0.254 e. The summed E-state index contributed by atoms with van der Waals surface area (Å²) in [6.07, 6.45) is 7.74. The smallest absolute Gasteiger partial charge is 0.254 e. The summed E-state index contributed by atoms with van der Waals surface area (Å²) in [5.74, 6) is 0.329. The number of methoxy groups -OCH3 is 1. The summed E-state index contributed by atoms with van der Waals surface area (Å²) in [5.41, 5.74) is 0.791. The molecule has 4 aliphatic rings. The average molecular weight is 389 g/mol. The number of imide groups is 1. The van der Waals surface area contributed by atoms with Crippen LogP contribution in [0.3, 0.4) is 0 Å². The molecule has 2 bridgehead atoms. The van der Waals surface area contributed by atoms with Gasteiger partial charge in [-0.1, -0.05) is 12.2 Å². The van der Waals surface area contributed by atoms with Crippen molar-refractivity contribution >= 4 is 34.0 Å². The highest BCUT2D eigenvalue weighted by molar-refractivity contribution is 9.10. The molecular formula is C18H17BrN2O3. The average Bonchev–Trinajstić information content (AvgIpc) is 2.87. The second-order valence-corrected chi connectivity index (χ2v) is 7.32. The highest BCUT2D eigenvalue weighted by atomic mass is 79.9. The molecule has 1 aromatic rings. The molecule has 4 atom stereocenters. The van der Waals surface area contributed by atoms with Crippen molar-refractivity contribution in [2.24, 2.45) is 28.8 Å². The van der Waals surface area contributed by atoms with Crippen LogP contribution >= 0.6 is 15.9 Å². The van der Waals surface area contributed by atoms with E-state index in [9.17, 15) is 9.59 Å². The molecule has 1 saturated heterocycles. The number of allylic oxidation sites excluding steroid dienone is 2. The summed E-state index contributed by atoms with van der Waals surface area (Å²) in [7, 11) is 1.60. The summed E-state index contributed by atoms with van der Waals surface area (Å²) >= 11 is 3.42. The lowest BCUT2D eigenvalue weighted by atomic mass is 9.63. The highest BCUT2D eigenvalue weighted by Crippen LogP contribution is 2.49. The number of nitrogens with zero attached hydrogens (tertiary/aromatic N) is 2. The zero-order valence-corrected chi connectivity index (χ0v) is 14.8. The van der Waals surface area contributed by atoms with E-state index in [1.54, 1.807) is 13.3 Å². The maximum absolute atomic E-state index is 12.7. The van der Waals surface area contributed by atoms with Crippen molar-refractivity contribution in [2.75, 3.05) is 7.11 Å². The fourth-order valence-corrected chi connectivity index (χ4v) is 4.62. The van der Waals surface area contributed by atoms with E-state index in [1.807, 2.05) is 18.2 Å². The summed E-state index contributed by atoms with van der Waals surface area (Å²) in [6.45, 7) is 0. The van der Waals surface area contributed by atoms with Gasteiger partial charge in [0.2, 0.25) is 0 Å². The Balaban J connectivity index is 1.58. The van der Waals surface area contributed by atoms with Gasteiger partial charge in [-0.2, -0.15) is 10.1 Å². The molecule has 1 saturated carbocycles.